The molecular weight excluding hydrogens is 340 g/mol. The Morgan fingerprint density at radius 1 is 1.52 bits per heavy atom. The summed E-state index contributed by atoms with van der Waals surface area (Å²) >= 11 is 6.50. The maximum atomic E-state index is 13.5. The van der Waals surface area contributed by atoms with Crippen LogP contribution < -0.4 is 5.56 Å². The van der Waals surface area contributed by atoms with Crippen LogP contribution in [0.4, 0.5) is 8.78 Å². The smallest absolute Gasteiger partial charge is 0.264 e. The number of hydrogen-bond donors (Lipinski definition) is 1. The van der Waals surface area contributed by atoms with E-state index in [0.29, 0.717) is 5.69 Å². The molecule has 4 nitrogen and oxygen atoms in total. The summed E-state index contributed by atoms with van der Waals surface area (Å²) in [4.78, 5) is 19.7. The van der Waals surface area contributed by atoms with Gasteiger partial charge in [0.1, 0.15) is 5.65 Å². The third kappa shape index (κ3) is 2.75. The molecule has 0 radical (unpaired) electrons. The SMILES string of the molecule is C=CCn1c(=S)[nH]c(=O)c2c(C(F)F)cc(-c3cccs3)nc21. The number of nitrogens with zero attached hydrogens (tertiary/aromatic N) is 2. The second-order valence-electron chi connectivity index (χ2n) is 4.73. The lowest BCUT2D eigenvalue weighted by Crippen LogP contribution is -2.17. The Morgan fingerprint density at radius 3 is 2.91 bits per heavy atom. The highest BCUT2D eigenvalue weighted by Crippen LogP contribution is 2.31. The average Bonchev–Trinajstić information content (AvgIpc) is 3.04. The molecule has 1 N–H and O–H groups in total. The van der Waals surface area contributed by atoms with Gasteiger partial charge in [0.2, 0.25) is 0 Å². The lowest BCUT2D eigenvalue weighted by Gasteiger charge is -2.12. The highest BCUT2D eigenvalue weighted by molar-refractivity contribution is 7.71. The third-order valence-corrected chi connectivity index (χ3v) is 4.51. The number of allylic oxidation sites excluding steroid dienone is 1. The Morgan fingerprint density at radius 2 is 2.30 bits per heavy atom. The molecule has 3 aromatic rings. The molecule has 0 fully saturated rings. The van der Waals surface area contributed by atoms with Crippen LogP contribution in [0.1, 0.15) is 12.0 Å². The summed E-state index contributed by atoms with van der Waals surface area (Å²) in [5, 5.41) is 1.69. The summed E-state index contributed by atoms with van der Waals surface area (Å²) in [6.07, 6.45) is -1.23. The quantitative estimate of drug-likeness (QED) is 0.563. The van der Waals surface area contributed by atoms with Crippen molar-refractivity contribution in [2.75, 3.05) is 0 Å². The maximum absolute atomic E-state index is 13.5. The highest BCUT2D eigenvalue weighted by atomic mass is 32.1. The van der Waals surface area contributed by atoms with Crippen LogP contribution in [-0.2, 0) is 6.54 Å². The normalized spacial score (nSPS) is 11.3. The minimum atomic E-state index is -2.80. The van der Waals surface area contributed by atoms with E-state index in [-0.39, 0.29) is 27.9 Å². The van der Waals surface area contributed by atoms with E-state index in [4.69, 9.17) is 12.2 Å². The van der Waals surface area contributed by atoms with Crippen LogP contribution in [0.5, 0.6) is 0 Å². The van der Waals surface area contributed by atoms with Crippen LogP contribution in [0.3, 0.4) is 0 Å². The molecule has 0 aliphatic carbocycles. The molecule has 0 amide bonds. The number of hydrogen-bond acceptors (Lipinski definition) is 4. The molecule has 8 heteroatoms. The van der Waals surface area contributed by atoms with E-state index >= 15 is 0 Å². The summed E-state index contributed by atoms with van der Waals surface area (Å²) in [5.41, 5.74) is -0.487. The fraction of sp³-hybridized carbons (Fsp3) is 0.133. The van der Waals surface area contributed by atoms with Crippen molar-refractivity contribution in [1.82, 2.24) is 14.5 Å². The van der Waals surface area contributed by atoms with Gasteiger partial charge in [-0.2, -0.15) is 0 Å². The van der Waals surface area contributed by atoms with Crippen LogP contribution >= 0.6 is 23.6 Å². The van der Waals surface area contributed by atoms with Crippen molar-refractivity contribution in [2.24, 2.45) is 0 Å². The van der Waals surface area contributed by atoms with Gasteiger partial charge in [-0.05, 0) is 29.7 Å². The Balaban J connectivity index is 2.48. The van der Waals surface area contributed by atoms with Crippen LogP contribution in [-0.4, -0.2) is 14.5 Å². The van der Waals surface area contributed by atoms with Gasteiger partial charge in [0, 0.05) is 12.1 Å². The molecule has 3 rings (SSSR count). The Labute approximate surface area is 138 Å². The summed E-state index contributed by atoms with van der Waals surface area (Å²) < 4.78 is 28.6. The molecular formula is C15H11F2N3OS2. The lowest BCUT2D eigenvalue weighted by molar-refractivity contribution is 0.153. The molecule has 0 aliphatic heterocycles. The number of H-pyrrole nitrogens is 1. The van der Waals surface area contributed by atoms with Crippen molar-refractivity contribution in [2.45, 2.75) is 13.0 Å². The van der Waals surface area contributed by atoms with E-state index in [1.807, 2.05) is 11.4 Å². The van der Waals surface area contributed by atoms with Gasteiger partial charge in [-0.3, -0.25) is 14.3 Å². The molecule has 3 aromatic heterocycles. The molecule has 0 atom stereocenters. The topological polar surface area (TPSA) is 50.7 Å². The minimum Gasteiger partial charge on any atom is -0.299 e. The highest BCUT2D eigenvalue weighted by Gasteiger charge is 2.20. The molecule has 23 heavy (non-hydrogen) atoms. The largest absolute Gasteiger partial charge is 0.299 e. The number of aromatic nitrogens is 3. The van der Waals surface area contributed by atoms with Crippen molar-refractivity contribution in [1.29, 1.82) is 0 Å². The second-order valence-corrected chi connectivity index (χ2v) is 6.07. The zero-order valence-electron chi connectivity index (χ0n) is 11.8. The molecule has 0 aromatic carbocycles. The maximum Gasteiger partial charge on any atom is 0.264 e. The molecule has 0 spiro atoms. The molecule has 0 saturated carbocycles. The van der Waals surface area contributed by atoms with Gasteiger partial charge in [-0.1, -0.05) is 12.1 Å². The zero-order valence-corrected chi connectivity index (χ0v) is 13.4. The van der Waals surface area contributed by atoms with E-state index in [0.717, 1.165) is 4.88 Å². The van der Waals surface area contributed by atoms with Crippen LogP contribution in [0.15, 0.2) is 41.0 Å². The number of halogens is 2. The molecule has 3 heterocycles. The standard InChI is InChI=1S/C15H11F2N3OS2/c1-2-5-20-13-11(14(21)19-15(20)22)8(12(16)17)7-9(18-13)10-4-3-6-23-10/h2-4,6-7,12H,1,5H2,(H,19,21,22). The Bertz CT molecular complexity index is 990. The predicted molar refractivity (Wildman–Crippen MR) is 89.7 cm³/mol. The van der Waals surface area contributed by atoms with Crippen LogP contribution in [0.25, 0.3) is 21.6 Å². The Kier molecular flexibility index (Phi) is 4.18. The molecule has 0 unspecified atom stereocenters. The van der Waals surface area contributed by atoms with Crippen LogP contribution in [0, 0.1) is 4.77 Å². The number of pyridine rings is 1. The minimum absolute atomic E-state index is 0.124. The van der Waals surface area contributed by atoms with Crippen molar-refractivity contribution in [3.63, 3.8) is 0 Å². The molecule has 118 valence electrons. The average molecular weight is 351 g/mol. The first-order chi connectivity index (χ1) is 11.0. The first-order valence-electron chi connectivity index (χ1n) is 6.63. The number of nitrogens with one attached hydrogen (secondary N) is 1. The van der Waals surface area contributed by atoms with E-state index in [9.17, 15) is 13.6 Å². The van der Waals surface area contributed by atoms with E-state index in [2.05, 4.69) is 16.5 Å². The predicted octanol–water partition coefficient (Wildman–Crippen LogP) is 4.31. The number of aromatic amines is 1. The van der Waals surface area contributed by atoms with Crippen LogP contribution in [0.2, 0.25) is 0 Å². The molecule has 0 saturated heterocycles. The van der Waals surface area contributed by atoms with Gasteiger partial charge < -0.3 is 0 Å². The first kappa shape index (κ1) is 15.7. The van der Waals surface area contributed by atoms with Gasteiger partial charge in [0.25, 0.3) is 12.0 Å². The van der Waals surface area contributed by atoms with Gasteiger partial charge >= 0.3 is 0 Å². The zero-order chi connectivity index (χ0) is 16.6. The monoisotopic (exact) mass is 351 g/mol. The summed E-state index contributed by atoms with van der Waals surface area (Å²) in [6.45, 7) is 3.88. The van der Waals surface area contributed by atoms with E-state index in [1.165, 1.54) is 22.0 Å². The number of fused-ring (bicyclic) bond motifs is 1. The number of alkyl halides is 2. The third-order valence-electron chi connectivity index (χ3n) is 3.30. The van der Waals surface area contributed by atoms with E-state index < -0.39 is 12.0 Å². The van der Waals surface area contributed by atoms with Crippen molar-refractivity contribution in [3.05, 3.63) is 56.9 Å². The fourth-order valence-corrected chi connectivity index (χ4v) is 3.26. The second kappa shape index (κ2) is 6.13. The van der Waals surface area contributed by atoms with E-state index in [1.54, 1.807) is 12.1 Å². The van der Waals surface area contributed by atoms with Crippen molar-refractivity contribution < 1.29 is 8.78 Å². The van der Waals surface area contributed by atoms with Gasteiger partial charge in [0.15, 0.2) is 4.77 Å². The van der Waals surface area contributed by atoms with Crippen molar-refractivity contribution in [3.8, 4) is 10.6 Å². The number of rotatable bonds is 4. The van der Waals surface area contributed by atoms with Gasteiger partial charge in [-0.25, -0.2) is 13.8 Å². The Hall–Kier alpha value is -2.19. The number of thiophene rings is 1. The molecule has 0 aliphatic rings. The fourth-order valence-electron chi connectivity index (χ4n) is 2.32. The van der Waals surface area contributed by atoms with Gasteiger partial charge in [-0.15, -0.1) is 17.9 Å². The lowest BCUT2D eigenvalue weighted by atomic mass is 10.1. The van der Waals surface area contributed by atoms with Gasteiger partial charge in [0.05, 0.1) is 16.0 Å². The summed E-state index contributed by atoms with van der Waals surface area (Å²) in [5.74, 6) is 0. The summed E-state index contributed by atoms with van der Waals surface area (Å²) in [6, 6.07) is 4.85. The first-order valence-corrected chi connectivity index (χ1v) is 7.92. The van der Waals surface area contributed by atoms with Crippen molar-refractivity contribution >= 4 is 34.6 Å². The summed E-state index contributed by atoms with van der Waals surface area (Å²) in [7, 11) is 0. The molecule has 0 bridgehead atoms.